The van der Waals surface area contributed by atoms with Crippen molar-refractivity contribution in [1.82, 2.24) is 19.6 Å². The number of hydrogen-bond acceptors (Lipinski definition) is 4. The third kappa shape index (κ3) is 2.03. The van der Waals surface area contributed by atoms with Crippen molar-refractivity contribution in [2.45, 2.75) is 13.8 Å². The molecule has 2 aromatic heterocycles. The van der Waals surface area contributed by atoms with Crippen LogP contribution in [-0.4, -0.2) is 26.2 Å². The highest BCUT2D eigenvalue weighted by Gasteiger charge is 2.08. The molecule has 1 aromatic carbocycles. The number of benzene rings is 1. The minimum atomic E-state index is 0.668. The quantitative estimate of drug-likeness (QED) is 0.720. The van der Waals surface area contributed by atoms with Crippen molar-refractivity contribution in [2.24, 2.45) is 0 Å². The molecule has 0 radical (unpaired) electrons. The van der Waals surface area contributed by atoms with Gasteiger partial charge in [0.2, 0.25) is 0 Å². The average molecular weight is 254 g/mol. The molecule has 3 aromatic rings. The van der Waals surface area contributed by atoms with Crippen molar-refractivity contribution in [1.29, 1.82) is 0 Å². The molecule has 0 amide bonds. The van der Waals surface area contributed by atoms with Gasteiger partial charge < -0.3 is 4.74 Å². The first-order valence-corrected chi connectivity index (χ1v) is 6.18. The Morgan fingerprint density at radius 1 is 1.11 bits per heavy atom. The van der Waals surface area contributed by atoms with Crippen LogP contribution in [0.15, 0.2) is 36.7 Å². The number of nitrogens with zero attached hydrogens (tertiary/aromatic N) is 4. The maximum absolute atomic E-state index is 5.45. The lowest BCUT2D eigenvalue weighted by molar-refractivity contribution is 0.340. The number of aryl methyl sites for hydroxylation is 1. The van der Waals surface area contributed by atoms with E-state index < -0.39 is 0 Å². The maximum Gasteiger partial charge on any atom is 0.179 e. The predicted octanol–water partition coefficient (Wildman–Crippen LogP) is 2.50. The summed E-state index contributed by atoms with van der Waals surface area (Å²) in [6, 6.07) is 7.94. The molecular weight excluding hydrogens is 240 g/mol. The molecule has 0 spiro atoms. The van der Waals surface area contributed by atoms with Crippen LogP contribution in [0.4, 0.5) is 0 Å². The van der Waals surface area contributed by atoms with Crippen LogP contribution >= 0.6 is 0 Å². The van der Waals surface area contributed by atoms with Gasteiger partial charge in [-0.1, -0.05) is 0 Å². The van der Waals surface area contributed by atoms with Gasteiger partial charge >= 0.3 is 0 Å². The SMILES string of the molecule is CCOc1ccc(-c2cncc3nnc(C)n23)cc1. The summed E-state index contributed by atoms with van der Waals surface area (Å²) in [5.41, 5.74) is 2.79. The monoisotopic (exact) mass is 254 g/mol. The summed E-state index contributed by atoms with van der Waals surface area (Å²) in [5.74, 6) is 1.72. The number of ether oxygens (including phenoxy) is 1. The first-order valence-electron chi connectivity index (χ1n) is 6.18. The zero-order valence-corrected chi connectivity index (χ0v) is 10.9. The van der Waals surface area contributed by atoms with E-state index in [1.54, 1.807) is 6.20 Å². The Morgan fingerprint density at radius 2 is 1.89 bits per heavy atom. The third-order valence-electron chi connectivity index (χ3n) is 2.94. The average Bonchev–Trinajstić information content (AvgIpc) is 2.82. The standard InChI is InChI=1S/C14H14N4O/c1-3-19-12-6-4-11(5-7-12)13-8-15-9-14-17-16-10(2)18(13)14/h4-9H,3H2,1-2H3. The first-order chi connectivity index (χ1) is 9.29. The molecule has 0 fully saturated rings. The van der Waals surface area contributed by atoms with Gasteiger partial charge in [0.25, 0.3) is 0 Å². The minimum Gasteiger partial charge on any atom is -0.494 e. The lowest BCUT2D eigenvalue weighted by Gasteiger charge is -2.07. The molecule has 96 valence electrons. The van der Waals surface area contributed by atoms with Crippen LogP contribution < -0.4 is 4.74 Å². The minimum absolute atomic E-state index is 0.668. The van der Waals surface area contributed by atoms with Crippen LogP contribution in [0.25, 0.3) is 16.9 Å². The second-order valence-electron chi connectivity index (χ2n) is 4.19. The third-order valence-corrected chi connectivity index (χ3v) is 2.94. The Bertz CT molecular complexity index is 703. The van der Waals surface area contributed by atoms with Gasteiger partial charge in [-0.2, -0.15) is 0 Å². The summed E-state index contributed by atoms with van der Waals surface area (Å²) in [6.45, 7) is 4.57. The van der Waals surface area contributed by atoms with Gasteiger partial charge in [-0.05, 0) is 38.1 Å². The summed E-state index contributed by atoms with van der Waals surface area (Å²) in [6.07, 6.45) is 3.52. The Morgan fingerprint density at radius 3 is 2.63 bits per heavy atom. The van der Waals surface area contributed by atoms with E-state index in [1.807, 2.05) is 48.7 Å². The molecule has 0 saturated heterocycles. The molecule has 0 N–H and O–H groups in total. The fourth-order valence-corrected chi connectivity index (χ4v) is 2.08. The molecular formula is C14H14N4O. The predicted molar refractivity (Wildman–Crippen MR) is 72.1 cm³/mol. The molecule has 0 aliphatic rings. The largest absolute Gasteiger partial charge is 0.494 e. The Labute approximate surface area is 110 Å². The van der Waals surface area contributed by atoms with E-state index in [4.69, 9.17) is 4.74 Å². The number of rotatable bonds is 3. The lowest BCUT2D eigenvalue weighted by atomic mass is 10.1. The molecule has 0 atom stereocenters. The Hall–Kier alpha value is -2.43. The fourth-order valence-electron chi connectivity index (χ4n) is 2.08. The van der Waals surface area contributed by atoms with Crippen molar-refractivity contribution in [3.63, 3.8) is 0 Å². The van der Waals surface area contributed by atoms with E-state index in [-0.39, 0.29) is 0 Å². The van der Waals surface area contributed by atoms with Crippen molar-refractivity contribution < 1.29 is 4.74 Å². The Balaban J connectivity index is 2.11. The second-order valence-corrected chi connectivity index (χ2v) is 4.19. The van der Waals surface area contributed by atoms with Crippen molar-refractivity contribution in [3.8, 4) is 17.0 Å². The first kappa shape index (κ1) is 11.6. The second kappa shape index (κ2) is 4.68. The van der Waals surface area contributed by atoms with E-state index in [0.717, 1.165) is 28.5 Å². The maximum atomic E-state index is 5.45. The van der Waals surface area contributed by atoms with Crippen LogP contribution in [-0.2, 0) is 0 Å². The normalized spacial score (nSPS) is 10.8. The highest BCUT2D eigenvalue weighted by atomic mass is 16.5. The van der Waals surface area contributed by atoms with Crippen LogP contribution in [0, 0.1) is 6.92 Å². The van der Waals surface area contributed by atoms with E-state index in [1.165, 1.54) is 0 Å². The Kier molecular flexibility index (Phi) is 2.87. The van der Waals surface area contributed by atoms with E-state index in [2.05, 4.69) is 15.2 Å². The smallest absolute Gasteiger partial charge is 0.179 e. The molecule has 3 rings (SSSR count). The van der Waals surface area contributed by atoms with Crippen LogP contribution in [0.5, 0.6) is 5.75 Å². The topological polar surface area (TPSA) is 52.3 Å². The highest BCUT2D eigenvalue weighted by molar-refractivity contribution is 5.63. The molecule has 0 saturated carbocycles. The van der Waals surface area contributed by atoms with Gasteiger partial charge in [0.15, 0.2) is 5.65 Å². The van der Waals surface area contributed by atoms with Crippen molar-refractivity contribution in [3.05, 3.63) is 42.5 Å². The lowest BCUT2D eigenvalue weighted by Crippen LogP contribution is -1.96. The summed E-state index contributed by atoms with van der Waals surface area (Å²) in [4.78, 5) is 4.21. The summed E-state index contributed by atoms with van der Waals surface area (Å²) in [5, 5.41) is 8.15. The fraction of sp³-hybridized carbons (Fsp3) is 0.214. The van der Waals surface area contributed by atoms with E-state index >= 15 is 0 Å². The van der Waals surface area contributed by atoms with Gasteiger partial charge in [0, 0.05) is 5.56 Å². The summed E-state index contributed by atoms with van der Waals surface area (Å²) in [7, 11) is 0. The van der Waals surface area contributed by atoms with Crippen molar-refractivity contribution in [2.75, 3.05) is 6.61 Å². The van der Waals surface area contributed by atoms with Crippen LogP contribution in [0.1, 0.15) is 12.7 Å². The van der Waals surface area contributed by atoms with Crippen LogP contribution in [0.3, 0.4) is 0 Å². The van der Waals surface area contributed by atoms with Crippen LogP contribution in [0.2, 0.25) is 0 Å². The van der Waals surface area contributed by atoms with E-state index in [0.29, 0.717) is 6.61 Å². The number of fused-ring (bicyclic) bond motifs is 1. The molecule has 0 aliphatic heterocycles. The van der Waals surface area contributed by atoms with Gasteiger partial charge in [0.05, 0.1) is 24.7 Å². The zero-order valence-electron chi connectivity index (χ0n) is 10.9. The molecule has 0 bridgehead atoms. The highest BCUT2D eigenvalue weighted by Crippen LogP contribution is 2.23. The molecule has 0 unspecified atom stereocenters. The van der Waals surface area contributed by atoms with Crippen molar-refractivity contribution >= 4 is 5.65 Å². The molecule has 0 aliphatic carbocycles. The van der Waals surface area contributed by atoms with Gasteiger partial charge in [-0.15, -0.1) is 10.2 Å². The molecule has 5 nitrogen and oxygen atoms in total. The summed E-state index contributed by atoms with van der Waals surface area (Å²) < 4.78 is 7.43. The van der Waals surface area contributed by atoms with E-state index in [9.17, 15) is 0 Å². The number of aromatic nitrogens is 4. The van der Waals surface area contributed by atoms with Gasteiger partial charge in [0.1, 0.15) is 11.6 Å². The van der Waals surface area contributed by atoms with Gasteiger partial charge in [-0.25, -0.2) is 0 Å². The molecule has 2 heterocycles. The number of hydrogen-bond donors (Lipinski definition) is 0. The molecule has 19 heavy (non-hydrogen) atoms. The molecule has 5 heteroatoms. The summed E-state index contributed by atoms with van der Waals surface area (Å²) >= 11 is 0. The zero-order chi connectivity index (χ0) is 13.2. The van der Waals surface area contributed by atoms with Gasteiger partial charge in [-0.3, -0.25) is 9.38 Å².